The Morgan fingerprint density at radius 1 is 1.02 bits per heavy atom. The summed E-state index contributed by atoms with van der Waals surface area (Å²) in [6.45, 7) is 3.83. The molecule has 0 spiro atoms. The third kappa shape index (κ3) is 14.2. The van der Waals surface area contributed by atoms with E-state index in [9.17, 15) is 42.8 Å². The highest BCUT2D eigenvalue weighted by Gasteiger charge is 2.47. The zero-order valence-corrected chi connectivity index (χ0v) is 34.8. The number of nitrogens with two attached hydrogens (primary N) is 1. The van der Waals surface area contributed by atoms with Gasteiger partial charge in [-0.15, -0.1) is 0 Å². The number of amides is 5. The van der Waals surface area contributed by atoms with Crippen molar-refractivity contribution in [3.8, 4) is 6.07 Å². The zero-order valence-electron chi connectivity index (χ0n) is 34.8. The number of hydrogen-bond donors (Lipinski definition) is 5. The maximum absolute atomic E-state index is 13.8. The number of nitrogens with one attached hydrogen (secondary N) is 4. The summed E-state index contributed by atoms with van der Waals surface area (Å²) in [5.41, 5.74) is 6.35. The number of rotatable bonds is 17. The van der Waals surface area contributed by atoms with Crippen LogP contribution >= 0.6 is 0 Å². The molecule has 2 heterocycles. The zero-order chi connectivity index (χ0) is 44.9. The van der Waals surface area contributed by atoms with E-state index in [1.165, 1.54) is 18.3 Å². The second-order valence-corrected chi connectivity index (χ2v) is 15.7. The van der Waals surface area contributed by atoms with E-state index >= 15 is 0 Å². The van der Waals surface area contributed by atoms with Gasteiger partial charge in [0.05, 0.1) is 35.9 Å². The largest absolute Gasteiger partial charge is 0.458 e. The van der Waals surface area contributed by atoms with Crippen LogP contribution in [0.1, 0.15) is 68.8 Å². The van der Waals surface area contributed by atoms with Crippen molar-refractivity contribution in [1.29, 1.82) is 5.26 Å². The van der Waals surface area contributed by atoms with Crippen molar-refractivity contribution in [3.05, 3.63) is 71.9 Å². The number of benzene rings is 2. The Balaban J connectivity index is 1.41. The van der Waals surface area contributed by atoms with Crippen LogP contribution in [0, 0.1) is 11.3 Å². The molecule has 1 aromatic heterocycles. The van der Waals surface area contributed by atoms with E-state index in [1.54, 1.807) is 70.1 Å². The van der Waals surface area contributed by atoms with Crippen molar-refractivity contribution in [3.63, 3.8) is 0 Å². The van der Waals surface area contributed by atoms with Crippen molar-refractivity contribution in [2.45, 2.75) is 88.9 Å². The van der Waals surface area contributed by atoms with Gasteiger partial charge in [0, 0.05) is 57.9 Å². The summed E-state index contributed by atoms with van der Waals surface area (Å²) in [6, 6.07) is 13.3. The molecule has 1 fully saturated rings. The molecular formula is C42H52F2N10O7. The molecule has 19 heteroatoms. The van der Waals surface area contributed by atoms with Crippen molar-refractivity contribution in [2.24, 2.45) is 10.7 Å². The molecule has 0 saturated carbocycles. The lowest BCUT2D eigenvalue weighted by molar-refractivity contribution is -0.158. The van der Waals surface area contributed by atoms with Crippen LogP contribution in [0.2, 0.25) is 0 Å². The van der Waals surface area contributed by atoms with Gasteiger partial charge >= 0.3 is 5.97 Å². The van der Waals surface area contributed by atoms with Crippen molar-refractivity contribution < 1.29 is 42.3 Å². The lowest BCUT2D eigenvalue weighted by atomic mass is 10.0. The summed E-state index contributed by atoms with van der Waals surface area (Å²) < 4.78 is 33.3. The molecule has 0 aliphatic carbocycles. The van der Waals surface area contributed by atoms with Gasteiger partial charge in [-0.2, -0.15) is 5.26 Å². The van der Waals surface area contributed by atoms with Gasteiger partial charge in [-0.1, -0.05) is 42.5 Å². The third-order valence-corrected chi connectivity index (χ3v) is 9.33. The number of esters is 1. The second kappa shape index (κ2) is 21.0. The molecule has 3 atom stereocenters. The van der Waals surface area contributed by atoms with Crippen LogP contribution in [-0.4, -0.2) is 120 Å². The molecule has 1 aliphatic heterocycles. The fourth-order valence-corrected chi connectivity index (χ4v) is 6.32. The fraction of sp³-hybridized carbons (Fsp3) is 0.452. The lowest BCUT2D eigenvalue weighted by Gasteiger charge is -2.26. The molecule has 0 radical (unpaired) electrons. The Kier molecular flexibility index (Phi) is 16.2. The number of hydrogen-bond acceptors (Lipinski definition) is 10. The summed E-state index contributed by atoms with van der Waals surface area (Å²) in [7, 11) is 3.46. The minimum absolute atomic E-state index is 0.0777. The highest BCUT2D eigenvalue weighted by molar-refractivity contribution is 6.11. The topological polar surface area (TPSA) is 241 Å². The maximum atomic E-state index is 13.8. The van der Waals surface area contributed by atoms with Crippen LogP contribution in [0.15, 0.2) is 65.8 Å². The second-order valence-electron chi connectivity index (χ2n) is 15.7. The highest BCUT2D eigenvalue weighted by Crippen LogP contribution is 2.31. The minimum atomic E-state index is -3.21. The molecule has 17 nitrogen and oxygen atoms in total. The van der Waals surface area contributed by atoms with E-state index in [0.717, 1.165) is 10.5 Å². The number of carbonyl (C=O) groups excluding carboxylic acids is 6. The Morgan fingerprint density at radius 2 is 1.72 bits per heavy atom. The number of guanidine groups is 1. The van der Waals surface area contributed by atoms with Gasteiger partial charge in [-0.05, 0) is 51.3 Å². The summed E-state index contributed by atoms with van der Waals surface area (Å²) >= 11 is 0. The molecular weight excluding hydrogens is 795 g/mol. The molecule has 326 valence electrons. The minimum Gasteiger partial charge on any atom is -0.458 e. The van der Waals surface area contributed by atoms with Gasteiger partial charge in [0.15, 0.2) is 5.96 Å². The molecule has 1 unspecified atom stereocenters. The number of aromatic nitrogens is 1. The van der Waals surface area contributed by atoms with E-state index < -0.39 is 84.7 Å². The van der Waals surface area contributed by atoms with E-state index in [-0.39, 0.29) is 55.0 Å². The first kappa shape index (κ1) is 47.0. The summed E-state index contributed by atoms with van der Waals surface area (Å²) in [5, 5.41) is 20.1. The molecule has 4 rings (SSSR count). The number of aliphatic imine (C=N–C) groups is 1. The quantitative estimate of drug-likeness (QED) is 0.0573. The SMILES string of the molecule is CN(C)C(N)=NCCCC(NC(=O)CCC(=O)Nc1cccc2c(C(=O)NCC(=O)N3CC(F)(F)C[C@H]3C#N)ccnc12)C(=O)N[C@@H](Cc1ccccc1)C(=O)OC(C)(C)C. The van der Waals surface area contributed by atoms with Gasteiger partial charge in [0.25, 0.3) is 11.8 Å². The first-order valence-electron chi connectivity index (χ1n) is 19.6. The number of halogens is 2. The predicted octanol–water partition coefficient (Wildman–Crippen LogP) is 2.65. The Hall–Kier alpha value is -6.71. The molecule has 6 N–H and O–H groups in total. The fourth-order valence-electron chi connectivity index (χ4n) is 6.32. The van der Waals surface area contributed by atoms with E-state index in [2.05, 4.69) is 31.2 Å². The first-order chi connectivity index (χ1) is 28.8. The molecule has 61 heavy (non-hydrogen) atoms. The highest BCUT2D eigenvalue weighted by atomic mass is 19.3. The van der Waals surface area contributed by atoms with Crippen LogP contribution in [0.3, 0.4) is 0 Å². The van der Waals surface area contributed by atoms with Crippen LogP contribution < -0.4 is 27.0 Å². The number of ether oxygens (including phenoxy) is 1. The normalized spacial score (nSPS) is 15.8. The Morgan fingerprint density at radius 3 is 2.39 bits per heavy atom. The predicted molar refractivity (Wildman–Crippen MR) is 222 cm³/mol. The number of carbonyl (C=O) groups is 6. The molecule has 3 aromatic rings. The van der Waals surface area contributed by atoms with Crippen LogP contribution in [0.5, 0.6) is 0 Å². The number of alkyl halides is 2. The van der Waals surface area contributed by atoms with Crippen LogP contribution in [0.4, 0.5) is 14.5 Å². The number of fused-ring (bicyclic) bond motifs is 1. The number of likely N-dealkylation sites (tertiary alicyclic amines) is 1. The van der Waals surface area contributed by atoms with Gasteiger partial charge in [-0.3, -0.25) is 33.9 Å². The van der Waals surface area contributed by atoms with Crippen molar-refractivity contribution in [2.75, 3.05) is 39.0 Å². The number of pyridine rings is 1. The van der Waals surface area contributed by atoms with E-state index in [1.807, 2.05) is 18.2 Å². The van der Waals surface area contributed by atoms with Crippen LogP contribution in [-0.2, 0) is 35.1 Å². The van der Waals surface area contributed by atoms with E-state index in [4.69, 9.17) is 10.5 Å². The van der Waals surface area contributed by atoms with Crippen LogP contribution in [0.25, 0.3) is 10.9 Å². The number of nitrogens with zero attached hydrogens (tertiary/aromatic N) is 5. The first-order valence-corrected chi connectivity index (χ1v) is 19.6. The standard InChI is InChI=1S/C42H52F2N10O7/c1-41(2,3)61-39(60)32(21-26-11-7-6-8-12-26)52-38(59)31(15-10-19-48-40(46)53(4)5)51-34(56)17-16-33(55)50-30-14-9-13-28-29(18-20-47-36(28)30)37(58)49-24-35(57)54-25-42(43,44)22-27(54)23-45/h6-9,11-14,18,20,27,31-32H,10,15-17,19,21-22,24-25H2,1-5H3,(H2,46,48)(H,49,58)(H,50,55)(H,51,56)(H,52,59)/t27-,31?,32-/m0/s1. The van der Waals surface area contributed by atoms with Crippen molar-refractivity contribution >= 4 is 58.1 Å². The number of para-hydroxylation sites is 1. The third-order valence-electron chi connectivity index (χ3n) is 9.33. The van der Waals surface area contributed by atoms with E-state index in [0.29, 0.717) is 11.8 Å². The van der Waals surface area contributed by atoms with Gasteiger partial charge in [0.1, 0.15) is 23.7 Å². The average Bonchev–Trinajstić information content (AvgIpc) is 3.53. The smallest absolute Gasteiger partial charge is 0.329 e. The molecule has 1 aliphatic rings. The van der Waals surface area contributed by atoms with Gasteiger partial charge < -0.3 is 41.5 Å². The lowest BCUT2D eigenvalue weighted by Crippen LogP contribution is -2.53. The average molecular weight is 847 g/mol. The Bertz CT molecular complexity index is 2150. The molecule has 2 aromatic carbocycles. The molecule has 1 saturated heterocycles. The number of anilines is 1. The monoisotopic (exact) mass is 846 g/mol. The summed E-state index contributed by atoms with van der Waals surface area (Å²) in [6.07, 6.45) is 0.493. The summed E-state index contributed by atoms with van der Waals surface area (Å²) in [5.74, 6) is -6.97. The maximum Gasteiger partial charge on any atom is 0.329 e. The number of nitriles is 1. The van der Waals surface area contributed by atoms with Gasteiger partial charge in [0.2, 0.25) is 23.6 Å². The summed E-state index contributed by atoms with van der Waals surface area (Å²) in [4.78, 5) is 90.2. The molecule has 0 bridgehead atoms. The van der Waals surface area contributed by atoms with Gasteiger partial charge in [-0.25, -0.2) is 13.6 Å². The molecule has 5 amide bonds. The van der Waals surface area contributed by atoms with Crippen molar-refractivity contribution in [1.82, 2.24) is 30.7 Å². The Labute approximate surface area is 352 Å².